The van der Waals surface area contributed by atoms with Crippen LogP contribution in [0.25, 0.3) is 0 Å². The zero-order valence-corrected chi connectivity index (χ0v) is 31.6. The van der Waals surface area contributed by atoms with Crippen LogP contribution in [0.5, 0.6) is 11.5 Å². The predicted octanol–water partition coefficient (Wildman–Crippen LogP) is 6.43. The van der Waals surface area contributed by atoms with Crippen LogP contribution in [0.3, 0.4) is 0 Å². The van der Waals surface area contributed by atoms with Crippen LogP contribution in [0.4, 0.5) is 9.59 Å². The van der Waals surface area contributed by atoms with E-state index >= 15 is 0 Å². The van der Waals surface area contributed by atoms with Gasteiger partial charge in [-0.05, 0) is 87.5 Å². The minimum atomic E-state index is -1.39. The van der Waals surface area contributed by atoms with Crippen molar-refractivity contribution in [3.63, 3.8) is 0 Å². The number of amides is 2. The Morgan fingerprint density at radius 1 is 1.13 bits per heavy atom. The van der Waals surface area contributed by atoms with Gasteiger partial charge in [-0.25, -0.2) is 9.59 Å². The lowest BCUT2D eigenvalue weighted by molar-refractivity contribution is -0.255. The van der Waals surface area contributed by atoms with Crippen LogP contribution in [0.1, 0.15) is 96.0 Å². The first-order valence-electron chi connectivity index (χ1n) is 19.5. The first-order valence-corrected chi connectivity index (χ1v) is 19.5. The predicted molar refractivity (Wildman–Crippen MR) is 199 cm³/mol. The topological polar surface area (TPSA) is 158 Å². The van der Waals surface area contributed by atoms with Crippen molar-refractivity contribution >= 4 is 17.9 Å². The number of nitrogens with one attached hydrogen (secondary N) is 1. The molecule has 5 rings (SSSR count). The van der Waals surface area contributed by atoms with Gasteiger partial charge in [0.15, 0.2) is 0 Å². The van der Waals surface area contributed by atoms with Crippen LogP contribution < -0.4 is 14.8 Å². The number of hydrogen-bond donors (Lipinski definition) is 3. The van der Waals surface area contributed by atoms with E-state index in [1.54, 1.807) is 17.0 Å². The maximum atomic E-state index is 13.7. The maximum absolute atomic E-state index is 13.7. The first-order chi connectivity index (χ1) is 25.8. The molecule has 7 atom stereocenters. The van der Waals surface area contributed by atoms with Crippen LogP contribution in [0, 0.1) is 17.8 Å². The molecule has 0 radical (unpaired) electrons. The molecule has 1 saturated carbocycles. The lowest BCUT2D eigenvalue weighted by atomic mass is 9.55. The Morgan fingerprint density at radius 2 is 1.92 bits per heavy atom. The molecular formula is C40H59N3O10. The Morgan fingerprint density at radius 3 is 2.60 bits per heavy atom. The van der Waals surface area contributed by atoms with E-state index in [1.807, 2.05) is 26.0 Å². The van der Waals surface area contributed by atoms with E-state index in [2.05, 4.69) is 18.0 Å². The van der Waals surface area contributed by atoms with Crippen molar-refractivity contribution in [2.75, 3.05) is 46.6 Å². The Labute approximate surface area is 313 Å². The molecule has 0 spiro atoms. The number of aliphatic hydroxyl groups is 2. The molecule has 13 nitrogen and oxygen atoms in total. The number of fused-ring (bicyclic) bond motifs is 2. The lowest BCUT2D eigenvalue weighted by Gasteiger charge is -2.59. The van der Waals surface area contributed by atoms with Crippen molar-refractivity contribution < 1.29 is 48.3 Å². The fourth-order valence-corrected chi connectivity index (χ4v) is 8.65. The number of allylic oxidation sites excluding steroid dienone is 1. The maximum Gasteiger partial charge on any atom is 0.412 e. The second-order valence-electron chi connectivity index (χ2n) is 14.3. The van der Waals surface area contributed by atoms with Gasteiger partial charge in [-0.1, -0.05) is 37.1 Å². The Hall–Kier alpha value is -3.65. The summed E-state index contributed by atoms with van der Waals surface area (Å²) >= 11 is 0. The number of ether oxygens (including phenoxy) is 5. The molecule has 294 valence electrons. The van der Waals surface area contributed by atoms with Gasteiger partial charge in [0, 0.05) is 50.6 Å². The molecule has 1 unspecified atom stereocenters. The zero-order valence-electron chi connectivity index (χ0n) is 31.6. The van der Waals surface area contributed by atoms with Crippen molar-refractivity contribution in [1.29, 1.82) is 0 Å². The van der Waals surface area contributed by atoms with E-state index in [1.165, 1.54) is 7.11 Å². The summed E-state index contributed by atoms with van der Waals surface area (Å²) in [5.74, 6) is -1.09. The summed E-state index contributed by atoms with van der Waals surface area (Å²) in [7, 11) is 1.37. The Kier molecular flexibility index (Phi) is 15.0. The molecule has 1 saturated heterocycles. The molecule has 2 fully saturated rings. The van der Waals surface area contributed by atoms with E-state index in [0.717, 1.165) is 56.1 Å². The number of hydrogen-bond acceptors (Lipinski definition) is 11. The van der Waals surface area contributed by atoms with Crippen molar-refractivity contribution in [2.24, 2.45) is 22.9 Å². The van der Waals surface area contributed by atoms with Crippen LogP contribution in [0.2, 0.25) is 0 Å². The standard InChI is InChI=1S/C40H59N3O10/c1-5-19-43(39(47)48-4)34-26-32(42-53-35-16-10-13-23-49-35)30-24-27(14-8-11-20-44)29(15-9-12-21-45)36-31-25-28(51-38(46)41-7-3)17-18-33(31)52-40(34,37(30)36)50-22-6-2/h6,17-18,24-25,27,29,34-37,44-45H,2,5,7-16,19-23,26H2,1,3-4H3,(H,41,46)/t27-,29+,34-,35?,36+,37+,40+/m0/s1. The second kappa shape index (κ2) is 19.6. The minimum absolute atomic E-state index is 0.0309. The van der Waals surface area contributed by atoms with E-state index in [0.29, 0.717) is 56.2 Å². The number of oxime groups is 1. The van der Waals surface area contributed by atoms with Gasteiger partial charge in [-0.2, -0.15) is 0 Å². The molecule has 13 heteroatoms. The van der Waals surface area contributed by atoms with E-state index in [4.69, 9.17) is 33.7 Å². The van der Waals surface area contributed by atoms with Crippen LogP contribution in [-0.4, -0.2) is 97.8 Å². The number of methoxy groups -OCH3 is 1. The van der Waals surface area contributed by atoms with Gasteiger partial charge >= 0.3 is 12.2 Å². The van der Waals surface area contributed by atoms with Crippen LogP contribution >= 0.6 is 0 Å². The van der Waals surface area contributed by atoms with Gasteiger partial charge in [0.25, 0.3) is 0 Å². The highest BCUT2D eigenvalue weighted by molar-refractivity contribution is 6.03. The molecule has 1 aromatic carbocycles. The van der Waals surface area contributed by atoms with Crippen molar-refractivity contribution in [2.45, 2.75) is 109 Å². The fourth-order valence-electron chi connectivity index (χ4n) is 8.65. The molecule has 4 aliphatic rings. The van der Waals surface area contributed by atoms with Crippen molar-refractivity contribution in [3.8, 4) is 11.5 Å². The number of benzene rings is 1. The lowest BCUT2D eigenvalue weighted by Crippen LogP contribution is -2.70. The largest absolute Gasteiger partial charge is 0.459 e. The monoisotopic (exact) mass is 741 g/mol. The average Bonchev–Trinajstić information content (AvgIpc) is 3.17. The molecule has 53 heavy (non-hydrogen) atoms. The summed E-state index contributed by atoms with van der Waals surface area (Å²) in [6, 6.07) is 4.73. The molecule has 2 heterocycles. The van der Waals surface area contributed by atoms with Gasteiger partial charge in [-0.3, -0.25) is 4.90 Å². The minimum Gasteiger partial charge on any atom is -0.459 e. The zero-order chi connectivity index (χ0) is 37.8. The van der Waals surface area contributed by atoms with Gasteiger partial charge in [-0.15, -0.1) is 6.58 Å². The number of rotatable bonds is 18. The van der Waals surface area contributed by atoms with Gasteiger partial charge in [0.05, 0.1) is 32.0 Å². The van der Waals surface area contributed by atoms with E-state index in [9.17, 15) is 19.8 Å². The summed E-state index contributed by atoms with van der Waals surface area (Å²) in [6.07, 6.45) is 10.5. The molecule has 2 aliphatic carbocycles. The Balaban J connectivity index is 1.76. The van der Waals surface area contributed by atoms with E-state index in [-0.39, 0.29) is 44.0 Å². The van der Waals surface area contributed by atoms with Gasteiger partial charge < -0.3 is 44.1 Å². The van der Waals surface area contributed by atoms with Crippen molar-refractivity contribution in [3.05, 3.63) is 48.1 Å². The third-order valence-corrected chi connectivity index (χ3v) is 10.8. The highest BCUT2D eigenvalue weighted by Gasteiger charge is 2.65. The number of carbonyl (C=O) groups is 2. The second-order valence-corrected chi connectivity index (χ2v) is 14.3. The summed E-state index contributed by atoms with van der Waals surface area (Å²) in [5.41, 5.74) is 2.46. The normalized spacial score (nSPS) is 28.1. The molecule has 3 N–H and O–H groups in total. The van der Waals surface area contributed by atoms with Crippen LogP contribution in [0.15, 0.2) is 47.7 Å². The molecule has 2 amide bonds. The third-order valence-electron chi connectivity index (χ3n) is 10.8. The highest BCUT2D eigenvalue weighted by Crippen LogP contribution is 2.62. The number of carbonyl (C=O) groups excluding carboxylic acids is 2. The fraction of sp³-hybridized carbons (Fsp3) is 0.675. The highest BCUT2D eigenvalue weighted by atomic mass is 16.8. The SMILES string of the molecule is C=CCO[C@@]12Oc3ccc(OC(=O)NCC)cc3[C@H]3[C@H](CCCCO)[C@@H](CCCCO)C=C(C(=NOC4CCCCO4)C[C@@H]1N(CCC)C(=O)OC)[C@H]32. The molecule has 0 bridgehead atoms. The van der Waals surface area contributed by atoms with E-state index < -0.39 is 36.2 Å². The number of nitrogens with zero attached hydrogens (tertiary/aromatic N) is 2. The number of aliphatic hydroxyl groups excluding tert-OH is 2. The van der Waals surface area contributed by atoms with Crippen LogP contribution in [-0.2, 0) is 19.0 Å². The average molecular weight is 742 g/mol. The summed E-state index contributed by atoms with van der Waals surface area (Å²) < 4.78 is 31.1. The van der Waals surface area contributed by atoms with Gasteiger partial charge in [0.2, 0.25) is 12.1 Å². The summed E-state index contributed by atoms with van der Waals surface area (Å²) in [6.45, 7) is 9.53. The number of unbranched alkanes of at least 4 members (excludes halogenated alkanes) is 2. The Bertz CT molecular complexity index is 1450. The van der Waals surface area contributed by atoms with Crippen molar-refractivity contribution in [1.82, 2.24) is 10.2 Å². The molecular weight excluding hydrogens is 682 g/mol. The molecule has 2 aliphatic heterocycles. The molecule has 0 aromatic heterocycles. The molecule has 1 aromatic rings. The smallest absolute Gasteiger partial charge is 0.412 e. The quantitative estimate of drug-likeness (QED) is 0.0870. The van der Waals surface area contributed by atoms with Gasteiger partial charge in [0.1, 0.15) is 17.5 Å². The first kappa shape index (κ1) is 40.5. The third kappa shape index (κ3) is 9.18. The summed E-state index contributed by atoms with van der Waals surface area (Å²) in [5, 5.41) is 27.1. The summed E-state index contributed by atoms with van der Waals surface area (Å²) in [4.78, 5) is 34.1.